The van der Waals surface area contributed by atoms with Crippen molar-refractivity contribution < 1.29 is 13.9 Å². The highest BCUT2D eigenvalue weighted by atomic mass is 16.5. The molecule has 28 heavy (non-hydrogen) atoms. The van der Waals surface area contributed by atoms with E-state index in [9.17, 15) is 4.79 Å². The number of hydrogen-bond donors (Lipinski definition) is 0. The molecule has 144 valence electrons. The Morgan fingerprint density at radius 3 is 2.36 bits per heavy atom. The highest BCUT2D eigenvalue weighted by molar-refractivity contribution is 5.93. The summed E-state index contributed by atoms with van der Waals surface area (Å²) in [6, 6.07) is 22.0. The summed E-state index contributed by atoms with van der Waals surface area (Å²) in [7, 11) is 0. The van der Waals surface area contributed by atoms with Crippen molar-refractivity contribution in [2.24, 2.45) is 5.92 Å². The molecule has 1 saturated heterocycles. The molecule has 1 aromatic heterocycles. The third-order valence-electron chi connectivity index (χ3n) is 5.35. The number of benzene rings is 2. The molecule has 0 unspecified atom stereocenters. The van der Waals surface area contributed by atoms with E-state index in [0.717, 1.165) is 43.7 Å². The number of ether oxygens (including phenoxy) is 1. The Morgan fingerprint density at radius 2 is 1.64 bits per heavy atom. The number of piperidine rings is 1. The molecule has 0 radical (unpaired) electrons. The predicted octanol–water partition coefficient (Wildman–Crippen LogP) is 4.95. The van der Waals surface area contributed by atoms with Gasteiger partial charge in [-0.1, -0.05) is 48.5 Å². The van der Waals surface area contributed by atoms with Crippen LogP contribution in [-0.4, -0.2) is 23.9 Å². The molecular formula is C24H25NO3. The lowest BCUT2D eigenvalue weighted by molar-refractivity contribution is 0.0655. The van der Waals surface area contributed by atoms with Gasteiger partial charge in [0.25, 0.3) is 5.91 Å². The number of hydrogen-bond acceptors (Lipinski definition) is 3. The van der Waals surface area contributed by atoms with Crippen LogP contribution >= 0.6 is 0 Å². The first kappa shape index (κ1) is 18.4. The number of amides is 1. The fourth-order valence-electron chi connectivity index (χ4n) is 3.75. The van der Waals surface area contributed by atoms with Crippen LogP contribution in [0.25, 0.3) is 0 Å². The van der Waals surface area contributed by atoms with E-state index in [1.165, 1.54) is 5.56 Å². The quantitative estimate of drug-likeness (QED) is 0.612. The fraction of sp³-hybridized carbons (Fsp3) is 0.292. The van der Waals surface area contributed by atoms with Crippen molar-refractivity contribution in [2.75, 3.05) is 13.1 Å². The predicted molar refractivity (Wildman–Crippen MR) is 108 cm³/mol. The zero-order chi connectivity index (χ0) is 19.2. The molecule has 2 heterocycles. The molecule has 1 aliphatic heterocycles. The lowest BCUT2D eigenvalue weighted by Gasteiger charge is -2.31. The van der Waals surface area contributed by atoms with Gasteiger partial charge in [0, 0.05) is 18.7 Å². The maximum Gasteiger partial charge on any atom is 0.289 e. The van der Waals surface area contributed by atoms with Crippen LogP contribution in [-0.2, 0) is 13.0 Å². The molecule has 4 nitrogen and oxygen atoms in total. The first-order valence-electron chi connectivity index (χ1n) is 9.87. The minimum atomic E-state index is -0.0326. The first-order valence-corrected chi connectivity index (χ1v) is 9.87. The van der Waals surface area contributed by atoms with Gasteiger partial charge in [0.15, 0.2) is 5.76 Å². The van der Waals surface area contributed by atoms with Crippen LogP contribution in [0.15, 0.2) is 77.4 Å². The Hall–Kier alpha value is -3.01. The normalized spacial score (nSPS) is 14.8. The van der Waals surface area contributed by atoms with E-state index in [1.807, 2.05) is 47.4 Å². The number of nitrogens with zero attached hydrogens (tertiary/aromatic N) is 1. The van der Waals surface area contributed by atoms with Gasteiger partial charge in [0.1, 0.15) is 12.4 Å². The summed E-state index contributed by atoms with van der Waals surface area (Å²) in [5.41, 5.74) is 2.17. The maximum atomic E-state index is 12.9. The van der Waals surface area contributed by atoms with Gasteiger partial charge in [0.05, 0.1) is 6.26 Å². The average Bonchev–Trinajstić information content (AvgIpc) is 3.22. The molecule has 0 spiro atoms. The van der Waals surface area contributed by atoms with Gasteiger partial charge in [-0.3, -0.25) is 4.79 Å². The second-order valence-electron chi connectivity index (χ2n) is 7.30. The molecule has 0 atom stereocenters. The Labute approximate surface area is 165 Å². The lowest BCUT2D eigenvalue weighted by Crippen LogP contribution is -2.39. The molecule has 4 heteroatoms. The molecule has 1 amide bonds. The van der Waals surface area contributed by atoms with Crippen molar-refractivity contribution in [1.29, 1.82) is 0 Å². The molecule has 0 bridgehead atoms. The summed E-state index contributed by atoms with van der Waals surface area (Å²) in [6.45, 7) is 1.87. The van der Waals surface area contributed by atoms with E-state index in [1.54, 1.807) is 6.26 Å². The van der Waals surface area contributed by atoms with Gasteiger partial charge in [-0.15, -0.1) is 0 Å². The van der Waals surface area contributed by atoms with Crippen LogP contribution in [0.5, 0.6) is 5.75 Å². The summed E-state index contributed by atoms with van der Waals surface area (Å²) in [5, 5.41) is 0. The van der Waals surface area contributed by atoms with Crippen LogP contribution in [0.1, 0.15) is 34.5 Å². The van der Waals surface area contributed by atoms with Crippen molar-refractivity contribution in [3.8, 4) is 5.75 Å². The second kappa shape index (κ2) is 8.79. The number of furan rings is 1. The minimum absolute atomic E-state index is 0.0326. The van der Waals surface area contributed by atoms with E-state index >= 15 is 0 Å². The topological polar surface area (TPSA) is 42.7 Å². The standard InChI is InChI=1S/C24H25NO3/c26-24(23-21(13-16-27-23)18-28-22-9-5-2-6-10-22)25-14-11-20(12-15-25)17-19-7-3-1-4-8-19/h1-10,13,16,20H,11-12,14-15,17-18H2. The van der Waals surface area contributed by atoms with Gasteiger partial charge >= 0.3 is 0 Å². The Morgan fingerprint density at radius 1 is 0.964 bits per heavy atom. The third-order valence-corrected chi connectivity index (χ3v) is 5.35. The molecular weight excluding hydrogens is 350 g/mol. The van der Waals surface area contributed by atoms with Crippen LogP contribution in [0.3, 0.4) is 0 Å². The largest absolute Gasteiger partial charge is 0.489 e. The monoisotopic (exact) mass is 375 g/mol. The summed E-state index contributed by atoms with van der Waals surface area (Å²) in [4.78, 5) is 14.8. The highest BCUT2D eigenvalue weighted by Gasteiger charge is 2.27. The number of carbonyl (C=O) groups is 1. The summed E-state index contributed by atoms with van der Waals surface area (Å²) < 4.78 is 11.3. The minimum Gasteiger partial charge on any atom is -0.489 e. The van der Waals surface area contributed by atoms with Crippen LogP contribution in [0.4, 0.5) is 0 Å². The zero-order valence-corrected chi connectivity index (χ0v) is 15.9. The van der Waals surface area contributed by atoms with E-state index < -0.39 is 0 Å². The Kier molecular flexibility index (Phi) is 5.76. The van der Waals surface area contributed by atoms with Gasteiger partial charge in [-0.2, -0.15) is 0 Å². The summed E-state index contributed by atoms with van der Waals surface area (Å²) in [6.07, 6.45) is 4.70. The van der Waals surface area contributed by atoms with Gasteiger partial charge in [-0.25, -0.2) is 0 Å². The average molecular weight is 375 g/mol. The molecule has 0 N–H and O–H groups in total. The summed E-state index contributed by atoms with van der Waals surface area (Å²) in [5.74, 6) is 1.78. The van der Waals surface area contributed by atoms with Gasteiger partial charge in [-0.05, 0) is 48.9 Å². The maximum absolute atomic E-state index is 12.9. The number of para-hydroxylation sites is 1. The van der Waals surface area contributed by atoms with Gasteiger partial charge in [0.2, 0.25) is 0 Å². The van der Waals surface area contributed by atoms with E-state index in [-0.39, 0.29) is 5.91 Å². The molecule has 2 aromatic carbocycles. The van der Waals surface area contributed by atoms with E-state index in [2.05, 4.69) is 24.3 Å². The lowest BCUT2D eigenvalue weighted by atomic mass is 9.90. The third kappa shape index (κ3) is 4.45. The van der Waals surface area contributed by atoms with Crippen molar-refractivity contribution in [3.63, 3.8) is 0 Å². The van der Waals surface area contributed by atoms with E-state index in [0.29, 0.717) is 18.3 Å². The number of carbonyl (C=O) groups excluding carboxylic acids is 1. The van der Waals surface area contributed by atoms with Crippen molar-refractivity contribution >= 4 is 5.91 Å². The van der Waals surface area contributed by atoms with E-state index in [4.69, 9.17) is 9.15 Å². The number of likely N-dealkylation sites (tertiary alicyclic amines) is 1. The van der Waals surface area contributed by atoms with Crippen LogP contribution in [0.2, 0.25) is 0 Å². The Balaban J connectivity index is 1.32. The Bertz CT molecular complexity index is 880. The van der Waals surface area contributed by atoms with Crippen LogP contribution < -0.4 is 4.74 Å². The van der Waals surface area contributed by atoms with Crippen molar-refractivity contribution in [3.05, 3.63) is 89.9 Å². The molecule has 0 aliphatic carbocycles. The fourth-order valence-corrected chi connectivity index (χ4v) is 3.75. The summed E-state index contributed by atoms with van der Waals surface area (Å²) >= 11 is 0. The molecule has 3 aromatic rings. The second-order valence-corrected chi connectivity index (χ2v) is 7.30. The zero-order valence-electron chi connectivity index (χ0n) is 15.9. The first-order chi connectivity index (χ1) is 13.8. The smallest absolute Gasteiger partial charge is 0.289 e. The SMILES string of the molecule is O=C(c1occc1COc1ccccc1)N1CCC(Cc2ccccc2)CC1. The molecule has 4 rings (SSSR count). The van der Waals surface area contributed by atoms with Gasteiger partial charge < -0.3 is 14.1 Å². The highest BCUT2D eigenvalue weighted by Crippen LogP contribution is 2.24. The van der Waals surface area contributed by atoms with Crippen molar-refractivity contribution in [1.82, 2.24) is 4.90 Å². The molecule has 0 saturated carbocycles. The molecule has 1 aliphatic rings. The number of rotatable bonds is 6. The molecule has 1 fully saturated rings. The van der Waals surface area contributed by atoms with Crippen LogP contribution in [0, 0.1) is 5.92 Å². The van der Waals surface area contributed by atoms with Crippen molar-refractivity contribution in [2.45, 2.75) is 25.9 Å².